The van der Waals surface area contributed by atoms with Crippen LogP contribution in [0.3, 0.4) is 0 Å². The molecule has 2 aliphatic heterocycles. The number of rotatable bonds is 7. The molecular weight excluding hydrogens is 646 g/mol. The number of benzene rings is 1. The molecule has 0 radical (unpaired) electrons. The van der Waals surface area contributed by atoms with Gasteiger partial charge >= 0.3 is 24.0 Å². The summed E-state index contributed by atoms with van der Waals surface area (Å²) in [6.07, 6.45) is -0.913. The number of amides is 1. The van der Waals surface area contributed by atoms with Crippen LogP contribution in [0.4, 0.5) is 4.79 Å². The standard InChI is InChI=1S/C36H45N3O9Si/c1-11-36(47-28(41)14-15-37-33(44)48-34(3,4)5)25-17-27-29-23(18-39(27)31(42)24(25)19-45-32(36)43)30(49(9,10)35(6,7)8)22-16-21(46-20(2)40)12-13-26(22)38-29/h12-13,16-17H,11,14-15,18-19H2,1-10H3,(H,37,44)/t36-/m0/s1. The van der Waals surface area contributed by atoms with Gasteiger partial charge in [0.25, 0.3) is 5.56 Å². The van der Waals surface area contributed by atoms with E-state index in [9.17, 15) is 24.0 Å². The summed E-state index contributed by atoms with van der Waals surface area (Å²) in [6, 6.07) is 7.09. The number of aromatic nitrogens is 2. The van der Waals surface area contributed by atoms with Crippen molar-refractivity contribution in [2.75, 3.05) is 6.54 Å². The molecule has 1 N–H and O–H groups in total. The number of nitrogens with one attached hydrogen (secondary N) is 1. The maximum Gasteiger partial charge on any atom is 0.407 e. The van der Waals surface area contributed by atoms with Crippen molar-refractivity contribution in [3.63, 3.8) is 0 Å². The van der Waals surface area contributed by atoms with Crippen molar-refractivity contribution in [1.82, 2.24) is 14.9 Å². The van der Waals surface area contributed by atoms with Crippen molar-refractivity contribution >= 4 is 48.2 Å². The Kier molecular flexibility index (Phi) is 9.07. The van der Waals surface area contributed by atoms with Crippen LogP contribution in [0.2, 0.25) is 18.1 Å². The number of fused-ring (bicyclic) bond motifs is 5. The molecule has 0 saturated heterocycles. The second kappa shape index (κ2) is 12.4. The number of cyclic esters (lactones) is 1. The van der Waals surface area contributed by atoms with Crippen molar-refractivity contribution in [3.8, 4) is 17.1 Å². The molecule has 3 aromatic rings. The van der Waals surface area contributed by atoms with Gasteiger partial charge in [0.05, 0.1) is 43.5 Å². The lowest BCUT2D eigenvalue weighted by molar-refractivity contribution is -0.189. The fourth-order valence-corrected chi connectivity index (χ4v) is 8.94. The monoisotopic (exact) mass is 691 g/mol. The average Bonchev–Trinajstić information content (AvgIpc) is 3.33. The van der Waals surface area contributed by atoms with E-state index in [4.69, 9.17) is 23.9 Å². The van der Waals surface area contributed by atoms with Gasteiger partial charge < -0.3 is 28.8 Å². The van der Waals surface area contributed by atoms with E-state index in [0.29, 0.717) is 22.7 Å². The van der Waals surface area contributed by atoms with Gasteiger partial charge in [0, 0.05) is 24.4 Å². The summed E-state index contributed by atoms with van der Waals surface area (Å²) in [5.74, 6) is -1.54. The first kappa shape index (κ1) is 35.8. The Balaban J connectivity index is 1.62. The summed E-state index contributed by atoms with van der Waals surface area (Å²) in [5.41, 5.74) is 0.271. The minimum absolute atomic E-state index is 0.0130. The summed E-state index contributed by atoms with van der Waals surface area (Å²) in [5, 5.41) is 4.39. The highest BCUT2D eigenvalue weighted by molar-refractivity contribution is 6.94. The number of pyridine rings is 2. The highest BCUT2D eigenvalue weighted by Gasteiger charge is 2.51. The molecule has 4 heterocycles. The van der Waals surface area contributed by atoms with Crippen LogP contribution in [0.25, 0.3) is 22.3 Å². The minimum Gasteiger partial charge on any atom is -0.457 e. The topological polar surface area (TPSA) is 152 Å². The maximum atomic E-state index is 14.3. The molecule has 1 amide bonds. The van der Waals surface area contributed by atoms with Gasteiger partial charge in [-0.3, -0.25) is 14.4 Å². The fourth-order valence-electron chi connectivity index (χ4n) is 6.36. The summed E-state index contributed by atoms with van der Waals surface area (Å²) in [4.78, 5) is 69.8. The van der Waals surface area contributed by atoms with Crippen LogP contribution in [0, 0.1) is 0 Å². The van der Waals surface area contributed by atoms with Crippen LogP contribution >= 0.6 is 0 Å². The first-order valence-corrected chi connectivity index (χ1v) is 19.5. The smallest absolute Gasteiger partial charge is 0.407 e. The molecule has 5 rings (SSSR count). The quantitative estimate of drug-likeness (QED) is 0.119. The predicted octanol–water partition coefficient (Wildman–Crippen LogP) is 5.19. The molecule has 1 atom stereocenters. The van der Waals surface area contributed by atoms with Gasteiger partial charge in [0.1, 0.15) is 18.0 Å². The zero-order valence-corrected chi connectivity index (χ0v) is 30.9. The van der Waals surface area contributed by atoms with Crippen molar-refractivity contribution < 1.29 is 38.1 Å². The van der Waals surface area contributed by atoms with Crippen LogP contribution in [-0.2, 0) is 47.3 Å². The van der Waals surface area contributed by atoms with Crippen molar-refractivity contribution in [2.45, 2.75) is 111 Å². The zero-order valence-electron chi connectivity index (χ0n) is 29.9. The van der Waals surface area contributed by atoms with E-state index < -0.39 is 43.3 Å². The molecule has 2 aromatic heterocycles. The highest BCUT2D eigenvalue weighted by atomic mass is 28.3. The minimum atomic E-state index is -2.34. The summed E-state index contributed by atoms with van der Waals surface area (Å²) in [7, 11) is -2.34. The number of hydrogen-bond acceptors (Lipinski definition) is 10. The maximum absolute atomic E-state index is 14.3. The fraction of sp³-hybridized carbons (Fsp3) is 0.500. The van der Waals surface area contributed by atoms with Gasteiger partial charge in [-0.05, 0) is 67.2 Å². The number of nitrogens with zero attached hydrogens (tertiary/aromatic N) is 2. The number of carbonyl (C=O) groups excluding carboxylic acids is 4. The first-order valence-electron chi connectivity index (χ1n) is 16.5. The summed E-state index contributed by atoms with van der Waals surface area (Å²) in [6.45, 7) is 19.3. The lowest BCUT2D eigenvalue weighted by atomic mass is 9.85. The van der Waals surface area contributed by atoms with Crippen LogP contribution < -0.4 is 20.8 Å². The van der Waals surface area contributed by atoms with Gasteiger partial charge in [-0.15, -0.1) is 0 Å². The van der Waals surface area contributed by atoms with E-state index in [-0.39, 0.29) is 54.3 Å². The molecule has 262 valence electrons. The summed E-state index contributed by atoms with van der Waals surface area (Å²) >= 11 is 0. The van der Waals surface area contributed by atoms with Gasteiger partial charge in [-0.1, -0.05) is 40.8 Å². The molecule has 0 spiro atoms. The molecular formula is C36H45N3O9Si. The molecule has 0 bridgehead atoms. The predicted molar refractivity (Wildman–Crippen MR) is 185 cm³/mol. The molecule has 2 aliphatic rings. The largest absolute Gasteiger partial charge is 0.457 e. The Hall–Kier alpha value is -4.52. The van der Waals surface area contributed by atoms with Gasteiger partial charge in [0.2, 0.25) is 5.60 Å². The molecule has 0 aliphatic carbocycles. The number of hydrogen-bond donors (Lipinski definition) is 1. The third kappa shape index (κ3) is 6.48. The molecule has 0 fully saturated rings. The molecule has 0 saturated carbocycles. The van der Waals surface area contributed by atoms with Crippen molar-refractivity contribution in [3.05, 3.63) is 51.3 Å². The number of alkyl carbamates (subject to hydrolysis) is 1. The Bertz CT molecular complexity index is 1950. The van der Waals surface area contributed by atoms with E-state index in [1.54, 1.807) is 44.4 Å². The molecule has 13 heteroatoms. The third-order valence-electron chi connectivity index (χ3n) is 9.67. The SMILES string of the molecule is CC[C@@]1(OC(=O)CCNC(=O)OC(C)(C)C)C(=O)OCc2c1cc1n(c2=O)Cc2c-1nc1ccc(OC(C)=O)cc1c2[Si](C)(C)C(C)(C)C. The van der Waals surface area contributed by atoms with E-state index >= 15 is 0 Å². The van der Waals surface area contributed by atoms with E-state index in [0.717, 1.165) is 16.1 Å². The van der Waals surface area contributed by atoms with Crippen molar-refractivity contribution in [2.24, 2.45) is 0 Å². The van der Waals surface area contributed by atoms with Crippen LogP contribution in [0.15, 0.2) is 29.1 Å². The van der Waals surface area contributed by atoms with Gasteiger partial charge in [0.15, 0.2) is 0 Å². The zero-order chi connectivity index (χ0) is 36.3. The molecule has 1 aromatic carbocycles. The Morgan fingerprint density at radius 1 is 1.06 bits per heavy atom. The first-order chi connectivity index (χ1) is 22.7. The summed E-state index contributed by atoms with van der Waals surface area (Å²) < 4.78 is 23.7. The van der Waals surface area contributed by atoms with Gasteiger partial charge in [-0.2, -0.15) is 0 Å². The lowest BCUT2D eigenvalue weighted by Gasteiger charge is -2.39. The van der Waals surface area contributed by atoms with Crippen LogP contribution in [0.5, 0.6) is 5.75 Å². The lowest BCUT2D eigenvalue weighted by Crippen LogP contribution is -2.51. The average molecular weight is 692 g/mol. The molecule has 12 nitrogen and oxygen atoms in total. The molecule has 0 unspecified atom stereocenters. The van der Waals surface area contributed by atoms with Crippen molar-refractivity contribution in [1.29, 1.82) is 0 Å². The normalized spacial score (nSPS) is 17.1. The number of ether oxygens (including phenoxy) is 4. The number of esters is 3. The Labute approximate surface area is 286 Å². The molecule has 49 heavy (non-hydrogen) atoms. The number of carbonyl (C=O) groups is 4. The van der Waals surface area contributed by atoms with Gasteiger partial charge in [-0.25, -0.2) is 14.6 Å². The van der Waals surface area contributed by atoms with Crippen LogP contribution in [-0.4, -0.2) is 53.8 Å². The Morgan fingerprint density at radius 2 is 1.76 bits per heavy atom. The van der Waals surface area contributed by atoms with Crippen LogP contribution in [0.1, 0.15) is 84.9 Å². The third-order valence-corrected chi connectivity index (χ3v) is 15.2. The Morgan fingerprint density at radius 3 is 2.37 bits per heavy atom. The van der Waals surface area contributed by atoms with E-state index in [2.05, 4.69) is 39.2 Å². The van der Waals surface area contributed by atoms with E-state index in [1.165, 1.54) is 6.92 Å². The second-order valence-electron chi connectivity index (χ2n) is 15.2. The highest BCUT2D eigenvalue weighted by Crippen LogP contribution is 2.44. The van der Waals surface area contributed by atoms with E-state index in [1.807, 2.05) is 12.1 Å². The second-order valence-corrected chi connectivity index (χ2v) is 20.4.